The van der Waals surface area contributed by atoms with E-state index in [4.69, 9.17) is 9.40 Å². The second-order valence-electron chi connectivity index (χ2n) is 6.21. The van der Waals surface area contributed by atoms with E-state index >= 15 is 0 Å². The molecule has 1 aliphatic carbocycles. The Balaban J connectivity index is 1.67. The number of carbonyl (C=O) groups excluding carboxylic acids is 1. The molecule has 1 aromatic carbocycles. The average molecular weight is 374 g/mol. The molecule has 0 fully saturated rings. The molecule has 0 atom stereocenters. The number of anilines is 1. The van der Waals surface area contributed by atoms with Crippen molar-refractivity contribution in [2.24, 2.45) is 0 Å². The van der Waals surface area contributed by atoms with E-state index < -0.39 is 0 Å². The maximum absolute atomic E-state index is 13.1. The second kappa shape index (κ2) is 6.44. The van der Waals surface area contributed by atoms with Crippen LogP contribution in [0, 0.1) is 0 Å². The van der Waals surface area contributed by atoms with Gasteiger partial charge in [0.05, 0.1) is 23.0 Å². The molecule has 3 aromatic heterocycles. The molecule has 0 saturated heterocycles. The fraction of sp³-hybridized carbons (Fsp3) is 0.100. The van der Waals surface area contributed by atoms with Crippen molar-refractivity contribution in [1.82, 2.24) is 15.2 Å². The van der Waals surface area contributed by atoms with E-state index in [1.807, 2.05) is 42.5 Å². The summed E-state index contributed by atoms with van der Waals surface area (Å²) in [6, 6.07) is 11.5. The highest BCUT2D eigenvalue weighted by Crippen LogP contribution is 2.37. The van der Waals surface area contributed by atoms with Crippen molar-refractivity contribution in [3.8, 4) is 0 Å². The summed E-state index contributed by atoms with van der Waals surface area (Å²) >= 11 is 1.29. The maximum atomic E-state index is 13.1. The van der Waals surface area contributed by atoms with Gasteiger partial charge in [-0.1, -0.05) is 29.5 Å². The number of pyridine rings is 1. The van der Waals surface area contributed by atoms with Crippen molar-refractivity contribution in [1.29, 1.82) is 0 Å². The van der Waals surface area contributed by atoms with Gasteiger partial charge in [-0.05, 0) is 48.3 Å². The molecule has 3 heterocycles. The highest BCUT2D eigenvalue weighted by Gasteiger charge is 2.27. The molecule has 1 aliphatic rings. The molecule has 0 saturated carbocycles. The number of allylic oxidation sites excluding steroid dienone is 1. The number of nitrogens with zero attached hydrogens (tertiary/aromatic N) is 3. The van der Waals surface area contributed by atoms with Crippen LogP contribution in [0.2, 0.25) is 0 Å². The molecule has 4 aromatic rings. The zero-order valence-electron chi connectivity index (χ0n) is 14.2. The minimum Gasteiger partial charge on any atom is -0.465 e. The Morgan fingerprint density at radius 2 is 2.11 bits per heavy atom. The zero-order chi connectivity index (χ0) is 18.2. The molecule has 1 amide bonds. The summed E-state index contributed by atoms with van der Waals surface area (Å²) in [5.41, 5.74) is 5.96. The number of rotatable bonds is 3. The number of fused-ring (bicyclic) bond motifs is 2. The molecule has 0 bridgehead atoms. The summed E-state index contributed by atoms with van der Waals surface area (Å²) in [4.78, 5) is 17.9. The smallest absolute Gasteiger partial charge is 0.258 e. The van der Waals surface area contributed by atoms with Gasteiger partial charge >= 0.3 is 0 Å². The summed E-state index contributed by atoms with van der Waals surface area (Å²) in [5, 5.41) is 11.9. The number of hydrogen-bond acceptors (Lipinski definition) is 6. The van der Waals surface area contributed by atoms with Gasteiger partial charge in [-0.15, -0.1) is 10.2 Å². The first kappa shape index (κ1) is 15.9. The molecule has 7 heteroatoms. The third-order valence-corrected chi connectivity index (χ3v) is 5.22. The normalized spacial score (nSPS) is 14.6. The first-order chi connectivity index (χ1) is 13.3. The van der Waals surface area contributed by atoms with Gasteiger partial charge in [0.2, 0.25) is 5.13 Å². The molecule has 5 rings (SSSR count). The number of benzene rings is 1. The quantitative estimate of drug-likeness (QED) is 0.574. The summed E-state index contributed by atoms with van der Waals surface area (Å²) in [7, 11) is 0. The van der Waals surface area contributed by atoms with Gasteiger partial charge < -0.3 is 4.42 Å². The molecule has 0 unspecified atom stereocenters. The van der Waals surface area contributed by atoms with Gasteiger partial charge in [0.25, 0.3) is 5.91 Å². The predicted octanol–water partition coefficient (Wildman–Crippen LogP) is 4.42. The predicted molar refractivity (Wildman–Crippen MR) is 105 cm³/mol. The molecule has 0 spiro atoms. The first-order valence-corrected chi connectivity index (χ1v) is 9.41. The van der Waals surface area contributed by atoms with Crippen molar-refractivity contribution in [2.75, 3.05) is 5.32 Å². The van der Waals surface area contributed by atoms with Crippen LogP contribution in [0.4, 0.5) is 5.13 Å². The zero-order valence-corrected chi connectivity index (χ0v) is 15.0. The Morgan fingerprint density at radius 1 is 1.19 bits per heavy atom. The molecule has 0 aliphatic heterocycles. The highest BCUT2D eigenvalue weighted by atomic mass is 32.1. The summed E-state index contributed by atoms with van der Waals surface area (Å²) in [6.07, 6.45) is 5.23. The fourth-order valence-electron chi connectivity index (χ4n) is 3.47. The lowest BCUT2D eigenvalue weighted by Crippen LogP contribution is -2.15. The average Bonchev–Trinajstić information content (AvgIpc) is 3.43. The lowest BCUT2D eigenvalue weighted by molar-refractivity contribution is 0.102. The van der Waals surface area contributed by atoms with E-state index in [-0.39, 0.29) is 5.91 Å². The van der Waals surface area contributed by atoms with E-state index in [1.165, 1.54) is 11.3 Å². The number of para-hydroxylation sites is 1. The van der Waals surface area contributed by atoms with E-state index in [0.29, 0.717) is 10.7 Å². The maximum Gasteiger partial charge on any atom is 0.258 e. The minimum atomic E-state index is -0.180. The van der Waals surface area contributed by atoms with E-state index in [1.54, 1.807) is 11.8 Å². The van der Waals surface area contributed by atoms with Crippen molar-refractivity contribution in [2.45, 2.75) is 12.8 Å². The molecule has 6 nitrogen and oxygen atoms in total. The van der Waals surface area contributed by atoms with Crippen molar-refractivity contribution < 1.29 is 9.21 Å². The minimum absolute atomic E-state index is 0.180. The Bertz CT molecular complexity index is 1160. The van der Waals surface area contributed by atoms with Gasteiger partial charge in [0.1, 0.15) is 11.3 Å². The number of hydrogen-bond donors (Lipinski definition) is 1. The van der Waals surface area contributed by atoms with Crippen LogP contribution in [-0.4, -0.2) is 21.1 Å². The van der Waals surface area contributed by atoms with Crippen LogP contribution in [0.5, 0.6) is 0 Å². The van der Waals surface area contributed by atoms with Crippen molar-refractivity contribution >= 4 is 44.9 Å². The molecule has 0 radical (unpaired) electrons. The lowest BCUT2D eigenvalue weighted by atomic mass is 10.00. The summed E-state index contributed by atoms with van der Waals surface area (Å²) in [6.45, 7) is 0. The Morgan fingerprint density at radius 3 is 2.93 bits per heavy atom. The summed E-state index contributed by atoms with van der Waals surface area (Å²) in [5.74, 6) is 0.605. The van der Waals surface area contributed by atoms with Crippen LogP contribution >= 0.6 is 11.3 Å². The summed E-state index contributed by atoms with van der Waals surface area (Å²) < 4.78 is 5.45. The van der Waals surface area contributed by atoms with Crippen molar-refractivity contribution in [3.05, 3.63) is 70.8 Å². The Labute approximate surface area is 158 Å². The van der Waals surface area contributed by atoms with Crippen molar-refractivity contribution in [3.63, 3.8) is 0 Å². The highest BCUT2D eigenvalue weighted by molar-refractivity contribution is 7.13. The topological polar surface area (TPSA) is 80.9 Å². The van der Waals surface area contributed by atoms with Crippen LogP contribution in [0.25, 0.3) is 22.6 Å². The SMILES string of the molecule is O=C(Nc1nncs1)c1c2c(nc3ccccc13)C(=Cc1ccco1)CC2. The van der Waals surface area contributed by atoms with Gasteiger partial charge in [0.15, 0.2) is 0 Å². The number of furan rings is 1. The van der Waals surface area contributed by atoms with Gasteiger partial charge in [0, 0.05) is 5.39 Å². The molecule has 1 N–H and O–H groups in total. The van der Waals surface area contributed by atoms with E-state index in [2.05, 4.69) is 15.5 Å². The molecular weight excluding hydrogens is 360 g/mol. The number of aromatic nitrogens is 3. The van der Waals surface area contributed by atoms with Crippen LogP contribution in [0.3, 0.4) is 0 Å². The molecule has 132 valence electrons. The monoisotopic (exact) mass is 374 g/mol. The van der Waals surface area contributed by atoms with E-state index in [0.717, 1.165) is 46.3 Å². The van der Waals surface area contributed by atoms with Crippen LogP contribution < -0.4 is 5.32 Å². The second-order valence-corrected chi connectivity index (χ2v) is 7.05. The van der Waals surface area contributed by atoms with Crippen LogP contribution in [0.1, 0.15) is 33.8 Å². The third-order valence-electron chi connectivity index (χ3n) is 4.61. The van der Waals surface area contributed by atoms with E-state index in [9.17, 15) is 4.79 Å². The lowest BCUT2D eigenvalue weighted by Gasteiger charge is -2.11. The number of nitrogens with one attached hydrogen (secondary N) is 1. The number of amides is 1. The van der Waals surface area contributed by atoms with Gasteiger partial charge in [-0.3, -0.25) is 10.1 Å². The molecular formula is C20H14N4O2S. The number of carbonyl (C=O) groups is 1. The largest absolute Gasteiger partial charge is 0.465 e. The standard InChI is InChI=1S/C20H14N4O2S/c25-19(23-20-24-21-11-27-20)17-14-5-1-2-6-16(14)22-18-12(7-8-15(17)18)10-13-4-3-9-26-13/h1-6,9-11H,7-8H2,(H,23,24,25). The third kappa shape index (κ3) is 2.82. The van der Waals surface area contributed by atoms with Crippen LogP contribution in [0.15, 0.2) is 52.6 Å². The first-order valence-electron chi connectivity index (χ1n) is 8.53. The van der Waals surface area contributed by atoms with Crippen LogP contribution in [-0.2, 0) is 6.42 Å². The Kier molecular flexibility index (Phi) is 3.79. The molecule has 27 heavy (non-hydrogen) atoms. The van der Waals surface area contributed by atoms with Gasteiger partial charge in [-0.25, -0.2) is 4.98 Å². The Hall–Kier alpha value is -3.32. The van der Waals surface area contributed by atoms with Gasteiger partial charge in [-0.2, -0.15) is 0 Å². The fourth-order valence-corrected chi connectivity index (χ4v) is 3.91.